The maximum absolute atomic E-state index is 13.0. The van der Waals surface area contributed by atoms with Gasteiger partial charge in [-0.2, -0.15) is 10.1 Å². The largest absolute Gasteiger partial charge is 0.488 e. The lowest BCUT2D eigenvalue weighted by atomic mass is 9.63. The summed E-state index contributed by atoms with van der Waals surface area (Å²) in [5, 5.41) is 6.09. The minimum absolute atomic E-state index is 0.150. The molecule has 32 heavy (non-hydrogen) atoms. The van der Waals surface area contributed by atoms with Gasteiger partial charge in [-0.1, -0.05) is 35.9 Å². The summed E-state index contributed by atoms with van der Waals surface area (Å²) in [6, 6.07) is 13.1. The van der Waals surface area contributed by atoms with Crippen LogP contribution in [0.1, 0.15) is 17.5 Å². The molecule has 5 aliphatic rings. The van der Waals surface area contributed by atoms with E-state index in [0.29, 0.717) is 29.2 Å². The number of carbonyl (C=O) groups is 2. The monoisotopic (exact) mass is 510 g/mol. The molecule has 1 saturated heterocycles. The molecular weight excluding hydrogens is 492 g/mol. The van der Waals surface area contributed by atoms with E-state index in [0.717, 1.165) is 27.0 Å². The van der Waals surface area contributed by atoms with Crippen molar-refractivity contribution in [2.45, 2.75) is 13.0 Å². The molecule has 1 aliphatic heterocycles. The Morgan fingerprint density at radius 2 is 1.69 bits per heavy atom. The Labute approximate surface area is 199 Å². The number of benzene rings is 2. The number of ether oxygens (including phenoxy) is 1. The van der Waals surface area contributed by atoms with Crippen molar-refractivity contribution in [1.29, 1.82) is 0 Å². The minimum atomic E-state index is -0.228. The molecule has 0 radical (unpaired) electrons. The Morgan fingerprint density at radius 3 is 2.31 bits per heavy atom. The number of rotatable bonds is 5. The van der Waals surface area contributed by atoms with Gasteiger partial charge in [0.1, 0.15) is 12.4 Å². The summed E-state index contributed by atoms with van der Waals surface area (Å²) < 4.78 is 6.65. The van der Waals surface area contributed by atoms with Crippen LogP contribution in [-0.4, -0.2) is 23.0 Å². The third kappa shape index (κ3) is 3.23. The van der Waals surface area contributed by atoms with E-state index in [9.17, 15) is 9.59 Å². The van der Waals surface area contributed by atoms with E-state index in [1.165, 1.54) is 0 Å². The van der Waals surface area contributed by atoms with E-state index in [4.69, 9.17) is 16.3 Å². The SMILES string of the molecule is O=C1[C@@H]2[C@H]3C=C[C@@H]([C@@H]4C[C@H]34)[C@H]2C(=O)N1N=Cc1ccc(OCc2ccc(Cl)cc2)c(Br)c1. The molecular formula is C25H20BrClN2O3. The molecule has 2 bridgehead atoms. The van der Waals surface area contributed by atoms with Crippen molar-refractivity contribution in [2.24, 2.45) is 40.6 Å². The number of hydrogen-bond donors (Lipinski definition) is 0. The fraction of sp³-hybridized carbons (Fsp3) is 0.320. The van der Waals surface area contributed by atoms with Gasteiger partial charge in [0.2, 0.25) is 0 Å². The first kappa shape index (κ1) is 20.2. The Morgan fingerprint density at radius 1 is 1.03 bits per heavy atom. The molecule has 4 aliphatic carbocycles. The summed E-state index contributed by atoms with van der Waals surface area (Å²) in [5.74, 6) is 1.52. The molecule has 5 nitrogen and oxygen atoms in total. The molecule has 1 heterocycles. The zero-order valence-electron chi connectivity index (χ0n) is 17.0. The van der Waals surface area contributed by atoms with Crippen LogP contribution in [0.15, 0.2) is 64.2 Å². The first-order chi connectivity index (χ1) is 15.5. The fourth-order valence-corrected chi connectivity index (χ4v) is 6.27. The first-order valence-electron chi connectivity index (χ1n) is 10.8. The molecule has 0 spiro atoms. The first-order valence-corrected chi connectivity index (χ1v) is 12.0. The van der Waals surface area contributed by atoms with Crippen LogP contribution >= 0.6 is 27.5 Å². The average molecular weight is 512 g/mol. The van der Waals surface area contributed by atoms with Crippen molar-refractivity contribution in [1.82, 2.24) is 5.01 Å². The molecule has 2 aromatic carbocycles. The number of amides is 2. The summed E-state index contributed by atoms with van der Waals surface area (Å²) in [7, 11) is 0. The highest BCUT2D eigenvalue weighted by Gasteiger charge is 2.67. The standard InChI is InChI=1S/C25H20BrClN2O3/c26-20-9-14(3-8-21(20)32-12-13-1-4-15(27)5-2-13)11-28-29-24(30)22-16-6-7-17(19-10-18(16)19)23(22)25(29)31/h1-9,11,16-19,22-23H,10,12H2/t16-,17-,18-,19+,22+,23+/m0/s1. The van der Waals surface area contributed by atoms with E-state index >= 15 is 0 Å². The van der Waals surface area contributed by atoms with Crippen molar-refractivity contribution in [3.63, 3.8) is 0 Å². The molecule has 2 amide bonds. The van der Waals surface area contributed by atoms with Gasteiger partial charge in [-0.15, -0.1) is 0 Å². The number of hydrazone groups is 1. The van der Waals surface area contributed by atoms with E-state index < -0.39 is 0 Å². The van der Waals surface area contributed by atoms with Gasteiger partial charge in [-0.05, 0) is 87.5 Å². The van der Waals surface area contributed by atoms with Crippen LogP contribution in [-0.2, 0) is 16.2 Å². The molecule has 2 saturated carbocycles. The highest BCUT2D eigenvalue weighted by Crippen LogP contribution is 2.65. The molecule has 0 N–H and O–H groups in total. The van der Waals surface area contributed by atoms with Gasteiger partial charge in [0, 0.05) is 5.02 Å². The summed E-state index contributed by atoms with van der Waals surface area (Å²) in [5.41, 5.74) is 1.79. The van der Waals surface area contributed by atoms with E-state index in [1.807, 2.05) is 42.5 Å². The Balaban J connectivity index is 1.15. The van der Waals surface area contributed by atoms with Crippen LogP contribution in [0.25, 0.3) is 0 Å². The maximum Gasteiger partial charge on any atom is 0.254 e. The second kappa shape index (κ2) is 7.56. The average Bonchev–Trinajstić information content (AvgIpc) is 3.57. The van der Waals surface area contributed by atoms with Gasteiger partial charge in [-0.3, -0.25) is 9.59 Å². The summed E-state index contributed by atoms with van der Waals surface area (Å²) in [6.07, 6.45) is 7.05. The van der Waals surface area contributed by atoms with Gasteiger partial charge in [-0.25, -0.2) is 0 Å². The van der Waals surface area contributed by atoms with Crippen LogP contribution in [0, 0.1) is 35.5 Å². The Hall–Kier alpha value is -2.44. The van der Waals surface area contributed by atoms with Crippen LogP contribution in [0.3, 0.4) is 0 Å². The molecule has 6 atom stereocenters. The predicted molar refractivity (Wildman–Crippen MR) is 124 cm³/mol. The van der Waals surface area contributed by atoms with E-state index in [2.05, 4.69) is 33.2 Å². The van der Waals surface area contributed by atoms with Crippen molar-refractivity contribution in [3.8, 4) is 5.75 Å². The van der Waals surface area contributed by atoms with Crippen LogP contribution in [0.2, 0.25) is 5.02 Å². The van der Waals surface area contributed by atoms with Gasteiger partial charge in [0.25, 0.3) is 11.8 Å². The Bertz CT molecular complexity index is 1140. The Kier molecular flexibility index (Phi) is 4.77. The highest BCUT2D eigenvalue weighted by atomic mass is 79.9. The molecule has 0 aromatic heterocycles. The number of nitrogens with zero attached hydrogens (tertiary/aromatic N) is 2. The zero-order valence-corrected chi connectivity index (χ0v) is 19.4. The minimum Gasteiger partial charge on any atom is -0.488 e. The number of allylic oxidation sites excluding steroid dienone is 2. The third-order valence-electron chi connectivity index (χ3n) is 7.23. The van der Waals surface area contributed by atoms with E-state index in [1.54, 1.807) is 6.21 Å². The number of imide groups is 1. The lowest BCUT2D eigenvalue weighted by Crippen LogP contribution is -2.40. The normalized spacial score (nSPS) is 31.9. The molecule has 0 unspecified atom stereocenters. The molecule has 3 fully saturated rings. The van der Waals surface area contributed by atoms with Crippen molar-refractivity contribution in [2.75, 3.05) is 0 Å². The second-order valence-electron chi connectivity index (χ2n) is 8.99. The number of carbonyl (C=O) groups excluding carboxylic acids is 2. The molecule has 7 rings (SSSR count). The van der Waals surface area contributed by atoms with Crippen molar-refractivity contribution in [3.05, 3.63) is 75.2 Å². The van der Waals surface area contributed by atoms with Gasteiger partial charge < -0.3 is 4.74 Å². The molecule has 7 heteroatoms. The second-order valence-corrected chi connectivity index (χ2v) is 10.3. The van der Waals surface area contributed by atoms with E-state index in [-0.39, 0.29) is 35.5 Å². The quantitative estimate of drug-likeness (QED) is 0.320. The third-order valence-corrected chi connectivity index (χ3v) is 8.10. The number of hydrogen-bond acceptors (Lipinski definition) is 4. The number of halogens is 2. The molecule has 162 valence electrons. The maximum atomic E-state index is 13.0. The van der Waals surface area contributed by atoms with Crippen LogP contribution < -0.4 is 4.74 Å². The zero-order chi connectivity index (χ0) is 22.0. The smallest absolute Gasteiger partial charge is 0.254 e. The van der Waals surface area contributed by atoms with Crippen molar-refractivity contribution < 1.29 is 14.3 Å². The van der Waals surface area contributed by atoms with Crippen molar-refractivity contribution >= 4 is 45.6 Å². The fourth-order valence-electron chi connectivity index (χ4n) is 5.64. The predicted octanol–water partition coefficient (Wildman–Crippen LogP) is 5.07. The summed E-state index contributed by atoms with van der Waals surface area (Å²) >= 11 is 9.45. The lowest BCUT2D eigenvalue weighted by Gasteiger charge is -2.37. The van der Waals surface area contributed by atoms with Gasteiger partial charge >= 0.3 is 0 Å². The summed E-state index contributed by atoms with van der Waals surface area (Å²) in [6.45, 7) is 0.418. The van der Waals surface area contributed by atoms with Gasteiger partial charge in [0.05, 0.1) is 22.5 Å². The topological polar surface area (TPSA) is 59.0 Å². The lowest BCUT2D eigenvalue weighted by molar-refractivity contribution is -0.140. The van der Waals surface area contributed by atoms with Gasteiger partial charge in [0.15, 0.2) is 0 Å². The molecule has 2 aromatic rings. The van der Waals surface area contributed by atoms with Crippen LogP contribution in [0.4, 0.5) is 0 Å². The summed E-state index contributed by atoms with van der Waals surface area (Å²) in [4.78, 5) is 26.0. The highest BCUT2D eigenvalue weighted by molar-refractivity contribution is 9.10. The van der Waals surface area contributed by atoms with Crippen LogP contribution in [0.5, 0.6) is 5.75 Å².